The van der Waals surface area contributed by atoms with Crippen LogP contribution in [0.4, 0.5) is 18.9 Å². The highest BCUT2D eigenvalue weighted by Crippen LogP contribution is 2.36. The Hall–Kier alpha value is -2.30. The van der Waals surface area contributed by atoms with E-state index in [1.807, 2.05) is 0 Å². The Kier molecular flexibility index (Phi) is 8.15. The van der Waals surface area contributed by atoms with Gasteiger partial charge in [-0.2, -0.15) is 17.9 Å². The van der Waals surface area contributed by atoms with Crippen molar-refractivity contribution >= 4 is 56.4 Å². The number of carbonyl (C=O) groups is 1. The molecular weight excluding hydrogens is 536 g/mol. The second-order valence-corrected chi connectivity index (χ2v) is 10.1. The number of nitrogens with one attached hydrogen (secondary N) is 2. The molecule has 0 unspecified atom stereocenters. The summed E-state index contributed by atoms with van der Waals surface area (Å²) in [4.78, 5) is 12.7. The Morgan fingerprint density at radius 1 is 0.912 bits per heavy atom. The van der Waals surface area contributed by atoms with Crippen LogP contribution in [0.3, 0.4) is 0 Å². The molecule has 1 amide bonds. The van der Waals surface area contributed by atoms with Gasteiger partial charge < -0.3 is 5.32 Å². The average Bonchev–Trinajstić information content (AvgIpc) is 2.76. The molecule has 0 aliphatic rings. The van der Waals surface area contributed by atoms with Crippen molar-refractivity contribution in [2.45, 2.75) is 23.5 Å². The Bertz CT molecular complexity index is 1300. The number of amides is 1. The number of rotatable bonds is 7. The van der Waals surface area contributed by atoms with Gasteiger partial charge in [0, 0.05) is 10.0 Å². The Labute approximate surface area is 208 Å². The molecule has 0 fully saturated rings. The lowest BCUT2D eigenvalue weighted by molar-refractivity contribution is -0.137. The summed E-state index contributed by atoms with van der Waals surface area (Å²) in [5, 5.41) is 1.93. The van der Waals surface area contributed by atoms with E-state index in [2.05, 4.69) is 10.0 Å². The summed E-state index contributed by atoms with van der Waals surface area (Å²) in [6.07, 6.45) is -4.96. The minimum absolute atomic E-state index is 0.0878. The molecule has 12 heteroatoms. The predicted molar refractivity (Wildman–Crippen MR) is 126 cm³/mol. The highest BCUT2D eigenvalue weighted by atomic mass is 35.5. The molecule has 180 valence electrons. The van der Waals surface area contributed by atoms with Gasteiger partial charge in [0.05, 0.1) is 16.3 Å². The summed E-state index contributed by atoms with van der Waals surface area (Å²) in [5.41, 5.74) is -1.18. The van der Waals surface area contributed by atoms with Crippen molar-refractivity contribution in [3.05, 3.63) is 92.9 Å². The molecule has 0 spiro atoms. The SMILES string of the molecule is O=C(Nc1ccc(Cl)cc1C(F)(F)F)[C@H](Cc1ccccc1)NS(=O)(=O)c1cc(Cl)ccc1Cl. The fourth-order valence-electron chi connectivity index (χ4n) is 3.05. The first kappa shape index (κ1) is 26.3. The van der Waals surface area contributed by atoms with Gasteiger partial charge in [0.2, 0.25) is 15.9 Å². The van der Waals surface area contributed by atoms with Gasteiger partial charge in [-0.25, -0.2) is 8.42 Å². The van der Waals surface area contributed by atoms with Gasteiger partial charge in [-0.15, -0.1) is 0 Å². The summed E-state index contributed by atoms with van der Waals surface area (Å²) in [6.45, 7) is 0. The third-order valence-electron chi connectivity index (χ3n) is 4.62. The van der Waals surface area contributed by atoms with Gasteiger partial charge in [-0.1, -0.05) is 65.1 Å². The van der Waals surface area contributed by atoms with Crippen LogP contribution in [-0.4, -0.2) is 20.4 Å². The maximum Gasteiger partial charge on any atom is 0.418 e. The molecule has 0 saturated heterocycles. The zero-order valence-corrected chi connectivity index (χ0v) is 20.1. The van der Waals surface area contributed by atoms with Crippen LogP contribution in [-0.2, 0) is 27.4 Å². The molecule has 0 heterocycles. The van der Waals surface area contributed by atoms with Gasteiger partial charge in [-0.3, -0.25) is 4.79 Å². The molecule has 3 rings (SSSR count). The Balaban J connectivity index is 1.97. The second kappa shape index (κ2) is 10.5. The first-order valence-corrected chi connectivity index (χ1v) is 12.2. The number of alkyl halides is 3. The fraction of sp³-hybridized carbons (Fsp3) is 0.136. The molecule has 0 saturated carbocycles. The zero-order chi connectivity index (χ0) is 25.1. The standard InChI is InChI=1S/C22H16Cl3F3N2O3S/c23-14-7-9-18(16(11-14)22(26,27)28)29-21(31)19(10-13-4-2-1-3-5-13)30-34(32,33)20-12-15(24)6-8-17(20)25/h1-9,11-12,19,30H,10H2,(H,29,31)/t19-/m0/s1. The summed E-state index contributed by atoms with van der Waals surface area (Å²) < 4.78 is 68.6. The summed E-state index contributed by atoms with van der Waals surface area (Å²) in [5.74, 6) is -1.02. The van der Waals surface area contributed by atoms with Crippen molar-refractivity contribution in [1.82, 2.24) is 4.72 Å². The van der Waals surface area contributed by atoms with E-state index in [0.29, 0.717) is 11.6 Å². The molecule has 1 atom stereocenters. The van der Waals surface area contributed by atoms with Crippen molar-refractivity contribution in [2.75, 3.05) is 5.32 Å². The fourth-order valence-corrected chi connectivity index (χ4v) is 5.18. The first-order chi connectivity index (χ1) is 15.9. The van der Waals surface area contributed by atoms with E-state index in [1.54, 1.807) is 30.3 Å². The first-order valence-electron chi connectivity index (χ1n) is 9.56. The number of hydrogen-bond acceptors (Lipinski definition) is 3. The van der Waals surface area contributed by atoms with E-state index in [-0.39, 0.29) is 26.4 Å². The monoisotopic (exact) mass is 550 g/mol. The predicted octanol–water partition coefficient (Wildman–Crippen LogP) is 6.19. The van der Waals surface area contributed by atoms with Gasteiger partial charge in [-0.05, 0) is 48.4 Å². The summed E-state index contributed by atoms with van der Waals surface area (Å²) >= 11 is 17.6. The number of hydrogen-bond donors (Lipinski definition) is 2. The lowest BCUT2D eigenvalue weighted by Gasteiger charge is -2.21. The van der Waals surface area contributed by atoms with E-state index in [9.17, 15) is 26.4 Å². The molecule has 0 aromatic heterocycles. The highest BCUT2D eigenvalue weighted by Gasteiger charge is 2.35. The number of carbonyl (C=O) groups excluding carboxylic acids is 1. The van der Waals surface area contributed by atoms with Crippen molar-refractivity contribution in [3.63, 3.8) is 0 Å². The number of benzene rings is 3. The van der Waals surface area contributed by atoms with Crippen LogP contribution in [0.2, 0.25) is 15.1 Å². The van der Waals surface area contributed by atoms with E-state index in [4.69, 9.17) is 34.8 Å². The largest absolute Gasteiger partial charge is 0.418 e. The minimum Gasteiger partial charge on any atom is -0.324 e. The highest BCUT2D eigenvalue weighted by molar-refractivity contribution is 7.89. The third-order valence-corrected chi connectivity index (χ3v) is 7.05. The van der Waals surface area contributed by atoms with Crippen LogP contribution >= 0.6 is 34.8 Å². The molecular formula is C22H16Cl3F3N2O3S. The zero-order valence-electron chi connectivity index (χ0n) is 17.0. The lowest BCUT2D eigenvalue weighted by atomic mass is 10.1. The normalized spacial score (nSPS) is 12.9. The maximum absolute atomic E-state index is 13.5. The van der Waals surface area contributed by atoms with E-state index in [0.717, 1.165) is 12.1 Å². The average molecular weight is 552 g/mol. The van der Waals surface area contributed by atoms with Gasteiger partial charge >= 0.3 is 6.18 Å². The van der Waals surface area contributed by atoms with E-state index < -0.39 is 39.4 Å². The van der Waals surface area contributed by atoms with Crippen molar-refractivity contribution in [1.29, 1.82) is 0 Å². The molecule has 0 bridgehead atoms. The van der Waals surface area contributed by atoms with Crippen LogP contribution in [0.5, 0.6) is 0 Å². The lowest BCUT2D eigenvalue weighted by Crippen LogP contribution is -2.45. The molecule has 5 nitrogen and oxygen atoms in total. The van der Waals surface area contributed by atoms with Crippen molar-refractivity contribution in [3.8, 4) is 0 Å². The molecule has 34 heavy (non-hydrogen) atoms. The Morgan fingerprint density at radius 2 is 1.53 bits per heavy atom. The minimum atomic E-state index is -4.81. The number of sulfonamides is 1. The molecule has 3 aromatic carbocycles. The third kappa shape index (κ3) is 6.64. The summed E-state index contributed by atoms with van der Waals surface area (Å²) in [7, 11) is -4.39. The van der Waals surface area contributed by atoms with Crippen molar-refractivity contribution in [2.24, 2.45) is 0 Å². The summed E-state index contributed by atoms with van der Waals surface area (Å²) in [6, 6.07) is 13.5. The molecule has 2 N–H and O–H groups in total. The van der Waals surface area contributed by atoms with Crippen LogP contribution in [0.1, 0.15) is 11.1 Å². The quantitative estimate of drug-likeness (QED) is 0.367. The molecule has 0 radical (unpaired) electrons. The van der Waals surface area contributed by atoms with Crippen molar-refractivity contribution < 1.29 is 26.4 Å². The van der Waals surface area contributed by atoms with E-state index >= 15 is 0 Å². The van der Waals surface area contributed by atoms with Gasteiger partial charge in [0.15, 0.2) is 0 Å². The van der Waals surface area contributed by atoms with Crippen LogP contribution in [0.25, 0.3) is 0 Å². The molecule has 3 aromatic rings. The van der Waals surface area contributed by atoms with E-state index in [1.165, 1.54) is 18.2 Å². The maximum atomic E-state index is 13.5. The number of halogens is 6. The molecule has 0 aliphatic carbocycles. The second-order valence-electron chi connectivity index (χ2n) is 7.12. The van der Waals surface area contributed by atoms with Gasteiger partial charge in [0.25, 0.3) is 0 Å². The topological polar surface area (TPSA) is 75.3 Å². The van der Waals surface area contributed by atoms with Crippen LogP contribution in [0.15, 0.2) is 71.6 Å². The number of anilines is 1. The van der Waals surface area contributed by atoms with Crippen LogP contribution in [0, 0.1) is 0 Å². The Morgan fingerprint density at radius 3 is 2.18 bits per heavy atom. The van der Waals surface area contributed by atoms with Crippen LogP contribution < -0.4 is 10.0 Å². The smallest absolute Gasteiger partial charge is 0.324 e. The van der Waals surface area contributed by atoms with Gasteiger partial charge in [0.1, 0.15) is 10.9 Å². The molecule has 0 aliphatic heterocycles.